The van der Waals surface area contributed by atoms with Gasteiger partial charge in [0, 0.05) is 6.61 Å². The Bertz CT molecular complexity index is 468. The molecule has 0 fully saturated rings. The van der Waals surface area contributed by atoms with Crippen molar-refractivity contribution < 1.29 is 22.3 Å². The second kappa shape index (κ2) is 23.2. The van der Waals surface area contributed by atoms with Gasteiger partial charge in [0.25, 0.3) is 0 Å². The summed E-state index contributed by atoms with van der Waals surface area (Å²) < 4.78 is 36.4. The molecule has 0 aromatic rings. The molecule has 0 amide bonds. The summed E-state index contributed by atoms with van der Waals surface area (Å²) in [6.45, 7) is 2.08. The predicted molar refractivity (Wildman–Crippen MR) is 126 cm³/mol. The summed E-state index contributed by atoms with van der Waals surface area (Å²) in [5, 5.41) is 8.90. The summed E-state index contributed by atoms with van der Waals surface area (Å²) in [5.41, 5.74) is 0. The maximum atomic E-state index is 10.6. The highest BCUT2D eigenvalue weighted by atomic mass is 32.3. The molecule has 182 valence electrons. The fraction of sp³-hybridized carbons (Fsp3) is 0.913. The first kappa shape index (κ1) is 31.7. The molecule has 1 atom stereocenters. The topological polar surface area (TPSA) is 123 Å². The van der Waals surface area contributed by atoms with E-state index in [-0.39, 0.29) is 19.2 Å². The van der Waals surface area contributed by atoms with E-state index >= 15 is 0 Å². The monoisotopic (exact) mass is 451 g/mol. The number of hydrogen-bond acceptors (Lipinski definition) is 5. The molecule has 0 aromatic carbocycles. The molecule has 0 heterocycles. The van der Waals surface area contributed by atoms with Crippen molar-refractivity contribution in [2.45, 2.75) is 129 Å². The van der Waals surface area contributed by atoms with E-state index in [9.17, 15) is 13.0 Å². The van der Waals surface area contributed by atoms with Gasteiger partial charge in [-0.3, -0.25) is 4.18 Å². The summed E-state index contributed by atoms with van der Waals surface area (Å²) in [7, 11) is -4.69. The third-order valence-electron chi connectivity index (χ3n) is 5.24. The van der Waals surface area contributed by atoms with Crippen LogP contribution in [0.2, 0.25) is 0 Å². The lowest BCUT2D eigenvalue weighted by Gasteiger charge is -2.18. The van der Waals surface area contributed by atoms with Gasteiger partial charge in [0.15, 0.2) is 0 Å². The van der Waals surface area contributed by atoms with Crippen molar-refractivity contribution in [3.05, 3.63) is 12.2 Å². The lowest BCUT2D eigenvalue weighted by molar-refractivity contribution is 0.131. The minimum atomic E-state index is -4.69. The van der Waals surface area contributed by atoms with Crippen LogP contribution in [0.3, 0.4) is 0 Å². The second-order valence-electron chi connectivity index (χ2n) is 8.07. The van der Waals surface area contributed by atoms with E-state index in [4.69, 9.17) is 5.11 Å². The van der Waals surface area contributed by atoms with Gasteiger partial charge in [-0.2, -0.15) is 0 Å². The number of allylic oxidation sites excluding steroid dienone is 2. The molecule has 6 nitrogen and oxygen atoms in total. The first-order chi connectivity index (χ1) is 14.0. The van der Waals surface area contributed by atoms with Crippen molar-refractivity contribution in [1.29, 1.82) is 0 Å². The average Bonchev–Trinajstić information content (AvgIpc) is 2.66. The van der Waals surface area contributed by atoms with E-state index in [1.807, 2.05) is 0 Å². The van der Waals surface area contributed by atoms with Gasteiger partial charge in [0.1, 0.15) is 0 Å². The van der Waals surface area contributed by atoms with Crippen molar-refractivity contribution in [3.8, 4) is 0 Å². The molecule has 0 bridgehead atoms. The van der Waals surface area contributed by atoms with Crippen LogP contribution in [0.15, 0.2) is 12.2 Å². The van der Waals surface area contributed by atoms with Gasteiger partial charge in [-0.1, -0.05) is 96.1 Å². The number of quaternary nitrogens is 1. The lowest BCUT2D eigenvalue weighted by atomic mass is 10.0. The van der Waals surface area contributed by atoms with Crippen molar-refractivity contribution in [3.63, 3.8) is 0 Å². The molecule has 0 saturated heterocycles. The Morgan fingerprint density at radius 3 is 1.63 bits per heavy atom. The molecule has 0 saturated carbocycles. The van der Waals surface area contributed by atoms with Crippen LogP contribution in [0, 0.1) is 0 Å². The Kier molecular flexibility index (Phi) is 24.5. The van der Waals surface area contributed by atoms with Crippen molar-refractivity contribution in [2.24, 2.45) is 0 Å². The van der Waals surface area contributed by atoms with Crippen LogP contribution in [0.5, 0.6) is 0 Å². The standard InChI is InChI=1S/C23H46O5S.H3N/c1-2-3-4-5-6-7-8-9-10-11-12-13-14-15-16-17-18-19-20-23(21-22-24)28-29(25,26)27;/h9-10,23-24H,2-8,11-22H2,1H3,(H,25,26,27);1H3/b10-9-;. The van der Waals surface area contributed by atoms with Crippen molar-refractivity contribution in [1.82, 2.24) is 6.15 Å². The van der Waals surface area contributed by atoms with Crippen LogP contribution >= 0.6 is 0 Å². The van der Waals surface area contributed by atoms with E-state index in [2.05, 4.69) is 23.3 Å². The molecule has 0 rings (SSSR count). The average molecular weight is 452 g/mol. The third-order valence-corrected chi connectivity index (χ3v) is 5.75. The summed E-state index contributed by atoms with van der Waals surface area (Å²) in [6, 6.07) is 0. The van der Waals surface area contributed by atoms with Crippen molar-refractivity contribution in [2.75, 3.05) is 6.61 Å². The number of aliphatic hydroxyl groups is 1. The van der Waals surface area contributed by atoms with Crippen LogP contribution in [-0.4, -0.2) is 30.8 Å². The van der Waals surface area contributed by atoms with E-state index in [0.717, 1.165) is 19.3 Å². The Balaban J connectivity index is 0. The zero-order valence-corrected chi connectivity index (χ0v) is 20.5. The fourth-order valence-corrected chi connectivity index (χ4v) is 4.05. The molecule has 0 aliphatic carbocycles. The van der Waals surface area contributed by atoms with Gasteiger partial charge < -0.3 is 15.8 Å². The highest BCUT2D eigenvalue weighted by molar-refractivity contribution is 7.80. The Morgan fingerprint density at radius 1 is 0.767 bits per heavy atom. The summed E-state index contributed by atoms with van der Waals surface area (Å²) in [4.78, 5) is 0. The van der Waals surface area contributed by atoms with Crippen LogP contribution in [0.25, 0.3) is 0 Å². The maximum absolute atomic E-state index is 10.6. The summed E-state index contributed by atoms with van der Waals surface area (Å²) in [6.07, 6.45) is 24.6. The molecular weight excluding hydrogens is 402 g/mol. The molecule has 0 radical (unpaired) electrons. The van der Waals surface area contributed by atoms with Gasteiger partial charge in [-0.05, 0) is 38.5 Å². The Hall–Kier alpha value is -0.470. The minimum Gasteiger partial charge on any atom is -0.726 e. The Labute approximate surface area is 186 Å². The van der Waals surface area contributed by atoms with Gasteiger partial charge in [0.2, 0.25) is 10.4 Å². The number of aliphatic hydroxyl groups excluding tert-OH is 1. The quantitative estimate of drug-likeness (QED) is 0.0810. The molecular formula is C23H49NO5S. The molecule has 0 aliphatic rings. The summed E-state index contributed by atoms with van der Waals surface area (Å²) in [5.74, 6) is 0. The molecule has 5 N–H and O–H groups in total. The van der Waals surface area contributed by atoms with Crippen LogP contribution in [0.4, 0.5) is 0 Å². The van der Waals surface area contributed by atoms with E-state index in [1.165, 1.54) is 83.5 Å². The van der Waals surface area contributed by atoms with Gasteiger partial charge in [-0.25, -0.2) is 8.42 Å². The molecule has 30 heavy (non-hydrogen) atoms. The van der Waals surface area contributed by atoms with Crippen LogP contribution in [-0.2, 0) is 14.6 Å². The van der Waals surface area contributed by atoms with E-state index < -0.39 is 16.5 Å². The molecule has 0 spiro atoms. The van der Waals surface area contributed by atoms with E-state index in [1.54, 1.807) is 0 Å². The normalized spacial score (nSPS) is 12.9. The predicted octanol–water partition coefficient (Wildman–Crippen LogP) is 6.80. The van der Waals surface area contributed by atoms with Crippen LogP contribution in [0.1, 0.15) is 122 Å². The largest absolute Gasteiger partial charge is 0.726 e. The summed E-state index contributed by atoms with van der Waals surface area (Å²) >= 11 is 0. The smallest absolute Gasteiger partial charge is 0.217 e. The lowest BCUT2D eigenvalue weighted by Crippen LogP contribution is -2.19. The second-order valence-corrected chi connectivity index (χ2v) is 9.08. The number of unbranched alkanes of at least 4 members (excludes halogenated alkanes) is 14. The van der Waals surface area contributed by atoms with Crippen molar-refractivity contribution >= 4 is 10.4 Å². The molecule has 7 heteroatoms. The van der Waals surface area contributed by atoms with Crippen LogP contribution < -0.4 is 6.15 Å². The zero-order valence-electron chi connectivity index (χ0n) is 19.7. The highest BCUT2D eigenvalue weighted by Gasteiger charge is 2.11. The SMILES string of the molecule is CCCCCCCC/C=C\CCCCCCCCCCC(CCO)OS(=O)(=O)[O-].[NH4+]. The number of rotatable bonds is 22. The zero-order chi connectivity index (χ0) is 21.6. The maximum Gasteiger partial charge on any atom is 0.217 e. The highest BCUT2D eigenvalue weighted by Crippen LogP contribution is 2.15. The first-order valence-electron chi connectivity index (χ1n) is 11.9. The van der Waals surface area contributed by atoms with Gasteiger partial charge >= 0.3 is 0 Å². The first-order valence-corrected chi connectivity index (χ1v) is 13.2. The molecule has 0 aromatic heterocycles. The van der Waals surface area contributed by atoms with E-state index in [0.29, 0.717) is 6.42 Å². The fourth-order valence-electron chi connectivity index (χ4n) is 3.52. The Morgan fingerprint density at radius 2 is 1.20 bits per heavy atom. The molecule has 1 unspecified atom stereocenters. The minimum absolute atomic E-state index is 0. The third kappa shape index (κ3) is 25.6. The molecule has 0 aliphatic heterocycles. The number of hydrogen-bond donors (Lipinski definition) is 2. The van der Waals surface area contributed by atoms with Gasteiger partial charge in [-0.15, -0.1) is 0 Å². The van der Waals surface area contributed by atoms with Gasteiger partial charge in [0.05, 0.1) is 6.10 Å².